The van der Waals surface area contributed by atoms with Crippen molar-refractivity contribution in [2.45, 2.75) is 30.8 Å². The van der Waals surface area contributed by atoms with E-state index in [0.29, 0.717) is 0 Å². The molecule has 8 heteroatoms. The Bertz CT molecular complexity index is 817. The minimum Gasteiger partial charge on any atom is -0.301 e. The van der Waals surface area contributed by atoms with Crippen LogP contribution in [0.2, 0.25) is 0 Å². The summed E-state index contributed by atoms with van der Waals surface area (Å²) in [4.78, 5) is 5.98. The van der Waals surface area contributed by atoms with Gasteiger partial charge < -0.3 is 4.90 Å². The smallest absolute Gasteiger partial charge is 0.240 e. The van der Waals surface area contributed by atoms with Gasteiger partial charge in [-0.25, -0.2) is 17.5 Å². The third kappa shape index (κ3) is 4.94. The normalized spacial score (nSPS) is 19.1. The molecule has 1 aromatic heterocycles. The van der Waals surface area contributed by atoms with E-state index in [9.17, 15) is 12.8 Å². The molecule has 1 fully saturated rings. The van der Waals surface area contributed by atoms with E-state index < -0.39 is 15.8 Å². The fourth-order valence-electron chi connectivity index (χ4n) is 3.55. The van der Waals surface area contributed by atoms with Crippen molar-refractivity contribution in [3.05, 3.63) is 52.5 Å². The number of likely N-dealkylation sites (N-methyl/N-ethyl adjacent to an activating group) is 1. The van der Waals surface area contributed by atoms with Crippen molar-refractivity contribution >= 4 is 21.4 Å². The maximum atomic E-state index is 13.1. The number of nitrogens with zero attached hydrogens (tertiary/aromatic N) is 2. The van der Waals surface area contributed by atoms with Crippen molar-refractivity contribution in [3.8, 4) is 0 Å². The summed E-state index contributed by atoms with van der Waals surface area (Å²) in [7, 11) is -3.72. The van der Waals surface area contributed by atoms with E-state index in [2.05, 4.69) is 27.5 Å². The summed E-state index contributed by atoms with van der Waals surface area (Å²) in [6, 6.07) is 8.64. The van der Waals surface area contributed by atoms with Gasteiger partial charge in [0.1, 0.15) is 5.82 Å². The average Bonchev–Trinajstić information content (AvgIpc) is 3.16. The lowest BCUT2D eigenvalue weighted by molar-refractivity contribution is 0.0888. The van der Waals surface area contributed by atoms with Crippen molar-refractivity contribution in [2.24, 2.45) is 0 Å². The zero-order valence-electron chi connectivity index (χ0n) is 15.6. The monoisotopic (exact) mass is 411 g/mol. The number of nitrogens with one attached hydrogen (secondary N) is 1. The van der Waals surface area contributed by atoms with Gasteiger partial charge in [-0.2, -0.15) is 0 Å². The lowest BCUT2D eigenvalue weighted by atomic mass is 10.1. The van der Waals surface area contributed by atoms with Gasteiger partial charge in [-0.1, -0.05) is 13.0 Å². The molecular weight excluding hydrogens is 385 g/mol. The molecule has 0 saturated carbocycles. The minimum absolute atomic E-state index is 0.0285. The zero-order chi connectivity index (χ0) is 19.4. The summed E-state index contributed by atoms with van der Waals surface area (Å²) in [5.74, 6) is -0.452. The number of thiophene rings is 1. The lowest BCUT2D eigenvalue weighted by Gasteiger charge is -2.41. The third-order valence-electron chi connectivity index (χ3n) is 5.02. The minimum atomic E-state index is -3.72. The van der Waals surface area contributed by atoms with Gasteiger partial charge in [-0.3, -0.25) is 4.90 Å². The van der Waals surface area contributed by atoms with Crippen LogP contribution in [0.4, 0.5) is 4.39 Å². The largest absolute Gasteiger partial charge is 0.301 e. The van der Waals surface area contributed by atoms with Crippen molar-refractivity contribution in [1.29, 1.82) is 0 Å². The number of rotatable bonds is 7. The summed E-state index contributed by atoms with van der Waals surface area (Å²) in [6.07, 6.45) is 0. The highest BCUT2D eigenvalue weighted by Crippen LogP contribution is 2.30. The van der Waals surface area contributed by atoms with Crippen LogP contribution in [0.1, 0.15) is 24.8 Å². The summed E-state index contributed by atoms with van der Waals surface area (Å²) < 4.78 is 41.4. The quantitative estimate of drug-likeness (QED) is 0.761. The second-order valence-corrected chi connectivity index (χ2v) is 9.49. The molecule has 3 rings (SSSR count). The van der Waals surface area contributed by atoms with Gasteiger partial charge in [0.15, 0.2) is 0 Å². The van der Waals surface area contributed by atoms with Crippen LogP contribution in [0, 0.1) is 5.82 Å². The highest BCUT2D eigenvalue weighted by Gasteiger charge is 2.32. The van der Waals surface area contributed by atoms with E-state index >= 15 is 0 Å². The lowest BCUT2D eigenvalue weighted by Crippen LogP contribution is -2.52. The Hall–Kier alpha value is -1.32. The molecule has 0 unspecified atom stereocenters. The van der Waals surface area contributed by atoms with Gasteiger partial charge in [0.25, 0.3) is 0 Å². The van der Waals surface area contributed by atoms with Crippen molar-refractivity contribution < 1.29 is 12.8 Å². The van der Waals surface area contributed by atoms with Crippen molar-refractivity contribution in [2.75, 3.05) is 32.7 Å². The molecular formula is C19H26FN3O2S2. The Morgan fingerprint density at radius 1 is 1.15 bits per heavy atom. The molecule has 1 aliphatic rings. The molecule has 1 N–H and O–H groups in total. The number of hydrogen-bond donors (Lipinski definition) is 1. The van der Waals surface area contributed by atoms with Gasteiger partial charge in [0, 0.05) is 37.1 Å². The molecule has 2 heterocycles. The predicted molar refractivity (Wildman–Crippen MR) is 107 cm³/mol. The van der Waals surface area contributed by atoms with Gasteiger partial charge in [-0.05, 0) is 49.2 Å². The first-order valence-electron chi connectivity index (χ1n) is 9.18. The first-order valence-corrected chi connectivity index (χ1v) is 11.5. The highest BCUT2D eigenvalue weighted by atomic mass is 32.2. The van der Waals surface area contributed by atoms with E-state index in [-0.39, 0.29) is 17.0 Å². The Balaban J connectivity index is 1.79. The van der Waals surface area contributed by atoms with Crippen LogP contribution in [-0.4, -0.2) is 57.0 Å². The van der Waals surface area contributed by atoms with Crippen molar-refractivity contribution in [3.63, 3.8) is 0 Å². The molecule has 0 bridgehead atoms. The fourth-order valence-corrected chi connectivity index (χ4v) is 5.76. The molecule has 0 spiro atoms. The summed E-state index contributed by atoms with van der Waals surface area (Å²) in [5.41, 5.74) is 0. The maximum Gasteiger partial charge on any atom is 0.240 e. The molecule has 0 amide bonds. The first kappa shape index (κ1) is 20.4. The Kier molecular flexibility index (Phi) is 6.65. The number of piperazine rings is 1. The second kappa shape index (κ2) is 8.79. The molecule has 27 heavy (non-hydrogen) atoms. The van der Waals surface area contributed by atoms with Crippen LogP contribution in [0.15, 0.2) is 46.7 Å². The SMILES string of the molecule is CCN1CCN([C@H](c2cccs2)[C@@H](C)NS(=O)(=O)c2ccc(F)cc2)CC1. The molecule has 148 valence electrons. The summed E-state index contributed by atoms with van der Waals surface area (Å²) >= 11 is 1.64. The molecule has 5 nitrogen and oxygen atoms in total. The first-order chi connectivity index (χ1) is 12.9. The van der Waals surface area contributed by atoms with Gasteiger partial charge >= 0.3 is 0 Å². The topological polar surface area (TPSA) is 52.6 Å². The maximum absolute atomic E-state index is 13.1. The van der Waals surface area contributed by atoms with Crippen LogP contribution in [-0.2, 0) is 10.0 Å². The predicted octanol–water partition coefficient (Wildman–Crippen LogP) is 2.93. The standard InChI is InChI=1S/C19H26FN3O2S2/c1-3-22-10-12-23(13-11-22)19(18-5-4-14-26-18)15(2)21-27(24,25)17-8-6-16(20)7-9-17/h4-9,14-15,19,21H,3,10-13H2,1-2H3/t15-,19+/m1/s1. The van der Waals surface area contributed by atoms with E-state index in [1.807, 2.05) is 18.4 Å². The Labute approximate surface area is 164 Å². The van der Waals surface area contributed by atoms with E-state index in [0.717, 1.165) is 37.6 Å². The summed E-state index contributed by atoms with van der Waals surface area (Å²) in [6.45, 7) is 8.86. The molecule has 1 aliphatic heterocycles. The third-order valence-corrected chi connectivity index (χ3v) is 7.54. The summed E-state index contributed by atoms with van der Waals surface area (Å²) in [5, 5.41) is 2.02. The number of hydrogen-bond acceptors (Lipinski definition) is 5. The number of halogens is 1. The zero-order valence-corrected chi connectivity index (χ0v) is 17.3. The van der Waals surface area contributed by atoms with Crippen LogP contribution in [0.3, 0.4) is 0 Å². The molecule has 2 aromatic rings. The number of benzene rings is 1. The molecule has 0 radical (unpaired) electrons. The van der Waals surface area contributed by atoms with E-state index in [4.69, 9.17) is 0 Å². The van der Waals surface area contributed by atoms with Crippen LogP contribution in [0.25, 0.3) is 0 Å². The van der Waals surface area contributed by atoms with Gasteiger partial charge in [0.05, 0.1) is 10.9 Å². The van der Waals surface area contributed by atoms with Gasteiger partial charge in [0.2, 0.25) is 10.0 Å². The van der Waals surface area contributed by atoms with Crippen LogP contribution in [0.5, 0.6) is 0 Å². The van der Waals surface area contributed by atoms with Crippen LogP contribution < -0.4 is 4.72 Å². The average molecular weight is 412 g/mol. The molecule has 2 atom stereocenters. The molecule has 0 aliphatic carbocycles. The van der Waals surface area contributed by atoms with Crippen LogP contribution >= 0.6 is 11.3 Å². The Morgan fingerprint density at radius 3 is 2.37 bits per heavy atom. The Morgan fingerprint density at radius 2 is 1.81 bits per heavy atom. The highest BCUT2D eigenvalue weighted by molar-refractivity contribution is 7.89. The molecule has 1 aromatic carbocycles. The molecule has 1 saturated heterocycles. The van der Waals surface area contributed by atoms with Crippen molar-refractivity contribution in [1.82, 2.24) is 14.5 Å². The van der Waals surface area contributed by atoms with Gasteiger partial charge in [-0.15, -0.1) is 11.3 Å². The number of sulfonamides is 1. The van der Waals surface area contributed by atoms with E-state index in [1.165, 1.54) is 24.3 Å². The van der Waals surface area contributed by atoms with E-state index in [1.54, 1.807) is 11.3 Å². The second-order valence-electron chi connectivity index (χ2n) is 6.79. The fraction of sp³-hybridized carbons (Fsp3) is 0.474.